The van der Waals surface area contributed by atoms with Gasteiger partial charge in [-0.25, -0.2) is 0 Å². The molecule has 2 atom stereocenters. The molecule has 2 aliphatic rings. The van der Waals surface area contributed by atoms with E-state index in [9.17, 15) is 4.79 Å². The highest BCUT2D eigenvalue weighted by Crippen LogP contribution is 2.32. The lowest BCUT2D eigenvalue weighted by atomic mass is 10.1. The lowest BCUT2D eigenvalue weighted by Gasteiger charge is -2.20. The van der Waals surface area contributed by atoms with Crippen LogP contribution in [0.15, 0.2) is 18.2 Å². The van der Waals surface area contributed by atoms with E-state index >= 15 is 0 Å². The third kappa shape index (κ3) is 4.01. The van der Waals surface area contributed by atoms with Crippen LogP contribution in [0.1, 0.15) is 55.8 Å². The first-order valence-corrected chi connectivity index (χ1v) is 8.94. The highest BCUT2D eigenvalue weighted by Gasteiger charge is 2.24. The second-order valence-corrected chi connectivity index (χ2v) is 6.70. The fraction of sp³-hybridized carbons (Fsp3) is 0.632. The lowest BCUT2D eigenvalue weighted by Crippen LogP contribution is -2.40. The summed E-state index contributed by atoms with van der Waals surface area (Å²) in [5, 5.41) is 3.02. The molecule has 1 aromatic carbocycles. The van der Waals surface area contributed by atoms with E-state index in [0.717, 1.165) is 32.3 Å². The first kappa shape index (κ1) is 17.1. The van der Waals surface area contributed by atoms with Gasteiger partial charge in [-0.2, -0.15) is 0 Å². The van der Waals surface area contributed by atoms with Gasteiger partial charge in [0.1, 0.15) is 0 Å². The SMILES string of the molecule is COc1cc(C(=O)N[C@H](C)[C@@H]2CCCO2)ccc1OC1CCCC1. The fourth-order valence-corrected chi connectivity index (χ4v) is 3.47. The molecular weight excluding hydrogens is 306 g/mol. The minimum absolute atomic E-state index is 0.000380. The fourth-order valence-electron chi connectivity index (χ4n) is 3.47. The number of ether oxygens (including phenoxy) is 3. The Balaban J connectivity index is 1.65. The Morgan fingerprint density at radius 3 is 2.67 bits per heavy atom. The number of amides is 1. The molecule has 1 saturated heterocycles. The van der Waals surface area contributed by atoms with Crippen LogP contribution in [0.4, 0.5) is 0 Å². The van der Waals surface area contributed by atoms with Gasteiger partial charge in [-0.1, -0.05) is 0 Å². The van der Waals surface area contributed by atoms with Gasteiger partial charge in [-0.3, -0.25) is 4.79 Å². The Bertz CT molecular complexity index is 562. The predicted molar refractivity (Wildman–Crippen MR) is 91.8 cm³/mol. The number of rotatable bonds is 6. The van der Waals surface area contributed by atoms with Crippen molar-refractivity contribution >= 4 is 5.91 Å². The average molecular weight is 333 g/mol. The zero-order valence-corrected chi connectivity index (χ0v) is 14.5. The predicted octanol–water partition coefficient (Wildman–Crippen LogP) is 3.31. The van der Waals surface area contributed by atoms with Crippen LogP contribution in [0.5, 0.6) is 11.5 Å². The smallest absolute Gasteiger partial charge is 0.251 e. The van der Waals surface area contributed by atoms with Crippen molar-refractivity contribution in [2.24, 2.45) is 0 Å². The second kappa shape index (κ2) is 7.88. The molecule has 0 unspecified atom stereocenters. The molecule has 1 N–H and O–H groups in total. The van der Waals surface area contributed by atoms with Gasteiger partial charge in [0.25, 0.3) is 5.91 Å². The van der Waals surface area contributed by atoms with E-state index in [4.69, 9.17) is 14.2 Å². The van der Waals surface area contributed by atoms with Crippen molar-refractivity contribution in [1.29, 1.82) is 0 Å². The molecule has 3 rings (SSSR count). The number of carbonyl (C=O) groups is 1. The zero-order chi connectivity index (χ0) is 16.9. The second-order valence-electron chi connectivity index (χ2n) is 6.70. The maximum atomic E-state index is 12.5. The van der Waals surface area contributed by atoms with Crippen LogP contribution in [0, 0.1) is 0 Å². The van der Waals surface area contributed by atoms with Crippen molar-refractivity contribution in [3.63, 3.8) is 0 Å². The molecule has 1 saturated carbocycles. The molecule has 1 aromatic rings. The average Bonchev–Trinajstić information content (AvgIpc) is 3.28. The Hall–Kier alpha value is -1.75. The molecule has 1 aliphatic carbocycles. The molecular formula is C19H27NO4. The molecule has 0 radical (unpaired) electrons. The van der Waals surface area contributed by atoms with E-state index in [1.807, 2.05) is 13.0 Å². The van der Waals surface area contributed by atoms with E-state index in [-0.39, 0.29) is 24.2 Å². The van der Waals surface area contributed by atoms with E-state index in [1.165, 1.54) is 12.8 Å². The monoisotopic (exact) mass is 333 g/mol. The van der Waals surface area contributed by atoms with Gasteiger partial charge in [0, 0.05) is 12.2 Å². The molecule has 1 aliphatic heterocycles. The maximum absolute atomic E-state index is 12.5. The van der Waals surface area contributed by atoms with E-state index in [1.54, 1.807) is 19.2 Å². The van der Waals surface area contributed by atoms with Crippen LogP contribution in [-0.2, 0) is 4.74 Å². The van der Waals surface area contributed by atoms with Crippen molar-refractivity contribution < 1.29 is 19.0 Å². The summed E-state index contributed by atoms with van der Waals surface area (Å²) < 4.78 is 17.1. The van der Waals surface area contributed by atoms with Gasteiger partial charge in [0.15, 0.2) is 11.5 Å². The number of methoxy groups -OCH3 is 1. The molecule has 0 bridgehead atoms. The summed E-state index contributed by atoms with van der Waals surface area (Å²) in [7, 11) is 1.60. The Labute approximate surface area is 143 Å². The van der Waals surface area contributed by atoms with Crippen LogP contribution < -0.4 is 14.8 Å². The molecule has 0 spiro atoms. The topological polar surface area (TPSA) is 56.8 Å². The normalized spacial score (nSPS) is 22.3. The van der Waals surface area contributed by atoms with Gasteiger partial charge in [0.2, 0.25) is 0 Å². The minimum Gasteiger partial charge on any atom is -0.493 e. The van der Waals surface area contributed by atoms with Crippen LogP contribution >= 0.6 is 0 Å². The van der Waals surface area contributed by atoms with Gasteiger partial charge in [0.05, 0.1) is 25.4 Å². The van der Waals surface area contributed by atoms with Gasteiger partial charge >= 0.3 is 0 Å². The van der Waals surface area contributed by atoms with Crippen molar-refractivity contribution in [2.75, 3.05) is 13.7 Å². The minimum atomic E-state index is -0.108. The van der Waals surface area contributed by atoms with E-state index < -0.39 is 0 Å². The summed E-state index contributed by atoms with van der Waals surface area (Å²) in [6.07, 6.45) is 7.04. The molecule has 0 aromatic heterocycles. The Morgan fingerprint density at radius 2 is 2.00 bits per heavy atom. The summed E-state index contributed by atoms with van der Waals surface area (Å²) >= 11 is 0. The van der Waals surface area contributed by atoms with E-state index in [0.29, 0.717) is 17.1 Å². The quantitative estimate of drug-likeness (QED) is 0.868. The summed E-state index contributed by atoms with van der Waals surface area (Å²) in [6.45, 7) is 2.77. The number of nitrogens with one attached hydrogen (secondary N) is 1. The first-order chi connectivity index (χ1) is 11.7. The largest absolute Gasteiger partial charge is 0.493 e. The number of carbonyl (C=O) groups excluding carboxylic acids is 1. The van der Waals surface area contributed by atoms with Gasteiger partial charge in [-0.15, -0.1) is 0 Å². The number of hydrogen-bond acceptors (Lipinski definition) is 4. The molecule has 5 heteroatoms. The van der Waals surface area contributed by atoms with Gasteiger partial charge < -0.3 is 19.5 Å². The number of hydrogen-bond donors (Lipinski definition) is 1. The van der Waals surface area contributed by atoms with Gasteiger partial charge in [-0.05, 0) is 63.6 Å². The third-order valence-corrected chi connectivity index (χ3v) is 4.90. The van der Waals surface area contributed by atoms with Crippen molar-refractivity contribution in [3.05, 3.63) is 23.8 Å². The van der Waals surface area contributed by atoms with E-state index in [2.05, 4.69) is 5.32 Å². The molecule has 2 fully saturated rings. The third-order valence-electron chi connectivity index (χ3n) is 4.90. The van der Waals surface area contributed by atoms with Crippen LogP contribution in [-0.4, -0.2) is 37.9 Å². The zero-order valence-electron chi connectivity index (χ0n) is 14.5. The summed E-state index contributed by atoms with van der Waals surface area (Å²) in [5.41, 5.74) is 0.579. The highest BCUT2D eigenvalue weighted by molar-refractivity contribution is 5.95. The standard InChI is InChI=1S/C19H27NO4/c1-13(16-8-5-11-23-16)20-19(21)14-9-10-17(18(12-14)22-2)24-15-6-3-4-7-15/h9-10,12-13,15-16H,3-8,11H2,1-2H3,(H,20,21)/t13-,16+/m1/s1. The van der Waals surface area contributed by atoms with Crippen LogP contribution in [0.3, 0.4) is 0 Å². The molecule has 1 heterocycles. The molecule has 1 amide bonds. The number of benzene rings is 1. The summed E-state index contributed by atoms with van der Waals surface area (Å²) in [6, 6.07) is 5.38. The van der Waals surface area contributed by atoms with Crippen LogP contribution in [0.2, 0.25) is 0 Å². The van der Waals surface area contributed by atoms with Crippen molar-refractivity contribution in [2.45, 2.75) is 63.7 Å². The maximum Gasteiger partial charge on any atom is 0.251 e. The lowest BCUT2D eigenvalue weighted by molar-refractivity contribution is 0.0712. The molecule has 24 heavy (non-hydrogen) atoms. The Morgan fingerprint density at radius 1 is 1.21 bits per heavy atom. The Kier molecular flexibility index (Phi) is 5.61. The first-order valence-electron chi connectivity index (χ1n) is 8.94. The summed E-state index contributed by atoms with van der Waals surface area (Å²) in [5.74, 6) is 1.22. The van der Waals surface area contributed by atoms with Crippen LogP contribution in [0.25, 0.3) is 0 Å². The summed E-state index contributed by atoms with van der Waals surface area (Å²) in [4.78, 5) is 12.5. The van der Waals surface area contributed by atoms with Crippen molar-refractivity contribution in [1.82, 2.24) is 5.32 Å². The molecule has 132 valence electrons. The van der Waals surface area contributed by atoms with Crippen molar-refractivity contribution in [3.8, 4) is 11.5 Å². The highest BCUT2D eigenvalue weighted by atomic mass is 16.5. The molecule has 5 nitrogen and oxygen atoms in total.